The van der Waals surface area contributed by atoms with Crippen LogP contribution in [-0.4, -0.2) is 23.6 Å². The number of hydrogen-bond donors (Lipinski definition) is 1. The Bertz CT molecular complexity index is 542. The summed E-state index contributed by atoms with van der Waals surface area (Å²) in [6, 6.07) is 0. The molecule has 2 aromatic rings. The molecule has 0 radical (unpaired) electrons. The van der Waals surface area contributed by atoms with E-state index < -0.39 is 10.0 Å². The molecule has 16 heavy (non-hydrogen) atoms. The predicted molar refractivity (Wildman–Crippen MR) is 64.0 cm³/mol. The zero-order chi connectivity index (χ0) is 11.6. The third-order valence-corrected chi connectivity index (χ3v) is 4.39. The molecule has 0 aliphatic rings. The maximum atomic E-state index is 11.4. The van der Waals surface area contributed by atoms with Crippen LogP contribution in [0.15, 0.2) is 17.8 Å². The van der Waals surface area contributed by atoms with Crippen LogP contribution in [0, 0.1) is 0 Å². The first-order valence-corrected chi connectivity index (χ1v) is 7.52. The molecule has 2 aromatic heterocycles. The standard InChI is InChI=1S/C9H13N3O2S2/c1-2-5-16(13,14)10-6-8-7-12-3-4-15-9(12)11-8/h3-4,7,10H,2,5-6H2,1H3. The van der Waals surface area contributed by atoms with Crippen LogP contribution in [-0.2, 0) is 16.6 Å². The molecule has 2 rings (SSSR count). The zero-order valence-electron chi connectivity index (χ0n) is 8.88. The van der Waals surface area contributed by atoms with Crippen molar-refractivity contribution in [2.75, 3.05) is 5.75 Å². The molecule has 1 N–H and O–H groups in total. The molecule has 0 spiro atoms. The Morgan fingerprint density at radius 2 is 2.38 bits per heavy atom. The lowest BCUT2D eigenvalue weighted by Crippen LogP contribution is -2.25. The van der Waals surface area contributed by atoms with Crippen molar-refractivity contribution < 1.29 is 8.42 Å². The molecule has 5 nitrogen and oxygen atoms in total. The van der Waals surface area contributed by atoms with Gasteiger partial charge >= 0.3 is 0 Å². The Hall–Kier alpha value is -0.920. The van der Waals surface area contributed by atoms with E-state index in [4.69, 9.17) is 0 Å². The summed E-state index contributed by atoms with van der Waals surface area (Å²) in [5, 5.41) is 1.94. The Kier molecular flexibility index (Phi) is 3.27. The van der Waals surface area contributed by atoms with Gasteiger partial charge < -0.3 is 0 Å². The molecular formula is C9H13N3O2S2. The van der Waals surface area contributed by atoms with Gasteiger partial charge in [-0.15, -0.1) is 11.3 Å². The van der Waals surface area contributed by atoms with Crippen LogP contribution < -0.4 is 4.72 Å². The summed E-state index contributed by atoms with van der Waals surface area (Å²) in [6.07, 6.45) is 4.35. The van der Waals surface area contributed by atoms with Gasteiger partial charge in [0.05, 0.1) is 18.0 Å². The van der Waals surface area contributed by atoms with Gasteiger partial charge in [0.15, 0.2) is 4.96 Å². The lowest BCUT2D eigenvalue weighted by atomic mass is 10.5. The molecule has 7 heteroatoms. The maximum Gasteiger partial charge on any atom is 0.211 e. The van der Waals surface area contributed by atoms with Gasteiger partial charge in [-0.25, -0.2) is 18.1 Å². The third kappa shape index (κ3) is 2.60. The molecule has 0 amide bonds. The molecule has 0 aliphatic heterocycles. The summed E-state index contributed by atoms with van der Waals surface area (Å²) < 4.78 is 27.2. The average Bonchev–Trinajstić information content (AvgIpc) is 2.73. The molecule has 2 heterocycles. The first-order valence-electron chi connectivity index (χ1n) is 4.99. The molecule has 0 aromatic carbocycles. The van der Waals surface area contributed by atoms with Crippen molar-refractivity contribution in [3.63, 3.8) is 0 Å². The molecule has 0 unspecified atom stereocenters. The fraction of sp³-hybridized carbons (Fsp3) is 0.444. The quantitative estimate of drug-likeness (QED) is 0.878. The van der Waals surface area contributed by atoms with Crippen LogP contribution >= 0.6 is 11.3 Å². The van der Waals surface area contributed by atoms with Gasteiger partial charge in [-0.1, -0.05) is 6.92 Å². The van der Waals surface area contributed by atoms with Crippen molar-refractivity contribution in [1.29, 1.82) is 0 Å². The van der Waals surface area contributed by atoms with Crippen molar-refractivity contribution in [1.82, 2.24) is 14.1 Å². The smallest absolute Gasteiger partial charge is 0.211 e. The Labute approximate surface area is 98.2 Å². The normalized spacial score (nSPS) is 12.3. The lowest BCUT2D eigenvalue weighted by molar-refractivity contribution is 0.579. The molecule has 88 valence electrons. The minimum Gasteiger partial charge on any atom is -0.297 e. The van der Waals surface area contributed by atoms with E-state index in [1.807, 2.05) is 29.1 Å². The van der Waals surface area contributed by atoms with Gasteiger partial charge in [-0.2, -0.15) is 0 Å². The monoisotopic (exact) mass is 259 g/mol. The van der Waals surface area contributed by atoms with E-state index in [0.717, 1.165) is 10.7 Å². The molecule has 0 atom stereocenters. The van der Waals surface area contributed by atoms with Crippen molar-refractivity contribution >= 4 is 26.3 Å². The number of aromatic nitrogens is 2. The van der Waals surface area contributed by atoms with Gasteiger partial charge in [-0.05, 0) is 6.42 Å². The van der Waals surface area contributed by atoms with Crippen molar-refractivity contribution in [3.05, 3.63) is 23.5 Å². The highest BCUT2D eigenvalue weighted by Gasteiger charge is 2.09. The highest BCUT2D eigenvalue weighted by Crippen LogP contribution is 2.11. The van der Waals surface area contributed by atoms with Gasteiger partial charge in [0.1, 0.15) is 0 Å². The lowest BCUT2D eigenvalue weighted by Gasteiger charge is -2.02. The predicted octanol–water partition coefficient (Wildman–Crippen LogP) is 1.23. The Morgan fingerprint density at radius 3 is 3.06 bits per heavy atom. The summed E-state index contributed by atoms with van der Waals surface area (Å²) >= 11 is 1.53. The fourth-order valence-corrected chi connectivity index (χ4v) is 3.15. The van der Waals surface area contributed by atoms with Gasteiger partial charge in [0.2, 0.25) is 10.0 Å². The van der Waals surface area contributed by atoms with Crippen molar-refractivity contribution in [2.24, 2.45) is 0 Å². The minimum absolute atomic E-state index is 0.162. The summed E-state index contributed by atoms with van der Waals surface area (Å²) in [7, 11) is -3.15. The molecule has 0 bridgehead atoms. The van der Waals surface area contributed by atoms with Gasteiger partial charge in [0, 0.05) is 17.8 Å². The number of imidazole rings is 1. The number of hydrogen-bond acceptors (Lipinski definition) is 4. The van der Waals surface area contributed by atoms with Crippen molar-refractivity contribution in [3.8, 4) is 0 Å². The van der Waals surface area contributed by atoms with Crippen LogP contribution in [0.4, 0.5) is 0 Å². The van der Waals surface area contributed by atoms with E-state index in [1.54, 1.807) is 0 Å². The van der Waals surface area contributed by atoms with E-state index >= 15 is 0 Å². The number of thiazole rings is 1. The van der Waals surface area contributed by atoms with Crippen LogP contribution in [0.5, 0.6) is 0 Å². The Balaban J connectivity index is 2.03. The second-order valence-electron chi connectivity index (χ2n) is 3.47. The van der Waals surface area contributed by atoms with Crippen LogP contribution in [0.25, 0.3) is 4.96 Å². The van der Waals surface area contributed by atoms with E-state index in [-0.39, 0.29) is 12.3 Å². The van der Waals surface area contributed by atoms with Crippen LogP contribution in [0.3, 0.4) is 0 Å². The fourth-order valence-electron chi connectivity index (χ4n) is 1.39. The summed E-state index contributed by atoms with van der Waals surface area (Å²) in [5.74, 6) is 0.162. The largest absolute Gasteiger partial charge is 0.297 e. The summed E-state index contributed by atoms with van der Waals surface area (Å²) in [5.41, 5.74) is 0.742. The second kappa shape index (κ2) is 4.52. The SMILES string of the molecule is CCCS(=O)(=O)NCc1cn2ccsc2n1. The van der Waals surface area contributed by atoms with Gasteiger partial charge in [-0.3, -0.25) is 4.40 Å². The minimum atomic E-state index is -3.15. The molecule has 0 saturated heterocycles. The number of nitrogens with one attached hydrogen (secondary N) is 1. The number of sulfonamides is 1. The van der Waals surface area contributed by atoms with Crippen LogP contribution in [0.1, 0.15) is 19.0 Å². The number of rotatable bonds is 5. The van der Waals surface area contributed by atoms with E-state index in [1.165, 1.54) is 11.3 Å². The van der Waals surface area contributed by atoms with Crippen LogP contribution in [0.2, 0.25) is 0 Å². The van der Waals surface area contributed by atoms with Crippen molar-refractivity contribution in [2.45, 2.75) is 19.9 Å². The molecule has 0 aliphatic carbocycles. The topological polar surface area (TPSA) is 63.5 Å². The molecule has 0 fully saturated rings. The average molecular weight is 259 g/mol. The van der Waals surface area contributed by atoms with E-state index in [2.05, 4.69) is 9.71 Å². The third-order valence-electron chi connectivity index (χ3n) is 2.09. The highest BCUT2D eigenvalue weighted by atomic mass is 32.2. The van der Waals surface area contributed by atoms with E-state index in [9.17, 15) is 8.42 Å². The van der Waals surface area contributed by atoms with Gasteiger partial charge in [0.25, 0.3) is 0 Å². The summed E-state index contributed by atoms with van der Waals surface area (Å²) in [6.45, 7) is 2.10. The molecular weight excluding hydrogens is 246 g/mol. The first kappa shape index (κ1) is 11.6. The maximum absolute atomic E-state index is 11.4. The zero-order valence-corrected chi connectivity index (χ0v) is 10.5. The Morgan fingerprint density at radius 1 is 1.56 bits per heavy atom. The highest BCUT2D eigenvalue weighted by molar-refractivity contribution is 7.89. The second-order valence-corrected chi connectivity index (χ2v) is 6.26. The number of nitrogens with zero attached hydrogens (tertiary/aromatic N) is 2. The summed E-state index contributed by atoms with van der Waals surface area (Å²) in [4.78, 5) is 5.17. The first-order chi connectivity index (χ1) is 7.61. The van der Waals surface area contributed by atoms with E-state index in [0.29, 0.717) is 6.42 Å². The number of fused-ring (bicyclic) bond motifs is 1. The molecule has 0 saturated carbocycles.